The molecule has 0 unspecified atom stereocenters. The molecule has 0 saturated carbocycles. The van der Waals surface area contributed by atoms with Crippen molar-refractivity contribution in [2.24, 2.45) is 0 Å². The fourth-order valence-electron chi connectivity index (χ4n) is 0.507. The predicted octanol–water partition coefficient (Wildman–Crippen LogP) is 1.31. The summed E-state index contributed by atoms with van der Waals surface area (Å²) < 4.78 is 4.55. The van der Waals surface area contributed by atoms with Gasteiger partial charge in [-0.1, -0.05) is 0 Å². The van der Waals surface area contributed by atoms with E-state index in [-0.39, 0.29) is 6.61 Å². The largest absolute Gasteiger partial charge is 0.463 e. The second kappa shape index (κ2) is 6.97. The molecule has 0 atom stereocenters. The van der Waals surface area contributed by atoms with Crippen LogP contribution in [0.3, 0.4) is 0 Å². The van der Waals surface area contributed by atoms with Gasteiger partial charge in [0.2, 0.25) is 0 Å². The highest BCUT2D eigenvalue weighted by Crippen LogP contribution is 2.07. The summed E-state index contributed by atoms with van der Waals surface area (Å²) in [5.41, 5.74) is -0.592. The Bertz CT molecular complexity index is 263. The van der Waals surface area contributed by atoms with Crippen molar-refractivity contribution in [1.82, 2.24) is 0 Å². The van der Waals surface area contributed by atoms with Crippen LogP contribution in [-0.2, 0) is 29.1 Å². The van der Waals surface area contributed by atoms with Gasteiger partial charge in [-0.3, -0.25) is 4.89 Å². The maximum absolute atomic E-state index is 10.9. The summed E-state index contributed by atoms with van der Waals surface area (Å²) in [6, 6.07) is 0. The number of esters is 1. The molecule has 0 aromatic heterocycles. The van der Waals surface area contributed by atoms with E-state index in [1.807, 2.05) is 0 Å². The van der Waals surface area contributed by atoms with Crippen LogP contribution in [0.2, 0.25) is 0 Å². The molecule has 6 nitrogen and oxygen atoms in total. The highest BCUT2D eigenvalue weighted by Gasteiger charge is 2.13. The van der Waals surface area contributed by atoms with E-state index in [1.165, 1.54) is 0 Å². The molecule has 0 heterocycles. The highest BCUT2D eigenvalue weighted by molar-refractivity contribution is 5.91. The number of ether oxygens (including phenoxy) is 1. The maximum atomic E-state index is 10.9. The van der Waals surface area contributed by atoms with Crippen molar-refractivity contribution in [2.75, 3.05) is 6.61 Å². The molecule has 0 amide bonds. The Labute approximate surface area is 94.0 Å². The zero-order valence-corrected chi connectivity index (χ0v) is 9.81. The van der Waals surface area contributed by atoms with E-state index >= 15 is 0 Å². The van der Waals surface area contributed by atoms with Crippen molar-refractivity contribution in [3.63, 3.8) is 0 Å². The molecule has 0 aliphatic carbocycles. The van der Waals surface area contributed by atoms with Gasteiger partial charge in [-0.05, 0) is 32.7 Å². The third-order valence-electron chi connectivity index (χ3n) is 1.04. The first-order valence-corrected chi connectivity index (χ1v) is 4.76. The van der Waals surface area contributed by atoms with E-state index in [1.54, 1.807) is 27.7 Å². The fraction of sp³-hybridized carbons (Fsp3) is 0.600. The van der Waals surface area contributed by atoms with Gasteiger partial charge in [-0.15, -0.1) is 0 Å². The molecule has 0 radical (unpaired) electrons. The fourth-order valence-corrected chi connectivity index (χ4v) is 0.507. The zero-order chi connectivity index (χ0) is 12.6. The van der Waals surface area contributed by atoms with Crippen molar-refractivity contribution in [3.05, 3.63) is 12.2 Å². The van der Waals surface area contributed by atoms with Crippen molar-refractivity contribution < 1.29 is 29.1 Å². The van der Waals surface area contributed by atoms with Crippen molar-refractivity contribution in [2.45, 2.75) is 33.3 Å². The molecule has 0 fully saturated rings. The van der Waals surface area contributed by atoms with E-state index in [0.717, 1.165) is 12.2 Å². The predicted molar refractivity (Wildman–Crippen MR) is 53.8 cm³/mol. The topological polar surface area (TPSA) is 71.1 Å². The molecule has 0 saturated heterocycles. The number of carbonyl (C=O) groups excluding carboxylic acids is 2. The van der Waals surface area contributed by atoms with Crippen LogP contribution < -0.4 is 0 Å². The molecule has 0 spiro atoms. The van der Waals surface area contributed by atoms with Crippen LogP contribution in [0.15, 0.2) is 12.2 Å². The molecule has 16 heavy (non-hydrogen) atoms. The summed E-state index contributed by atoms with van der Waals surface area (Å²) in [5.74, 6) is -1.49. The average molecular weight is 232 g/mol. The first kappa shape index (κ1) is 14.6. The second-order valence-electron chi connectivity index (χ2n) is 3.75. The van der Waals surface area contributed by atoms with Gasteiger partial charge in [0, 0.05) is 12.2 Å². The van der Waals surface area contributed by atoms with Crippen LogP contribution in [0, 0.1) is 0 Å². The van der Waals surface area contributed by atoms with E-state index in [0.29, 0.717) is 0 Å². The Morgan fingerprint density at radius 1 is 1.12 bits per heavy atom. The third kappa shape index (κ3) is 9.17. The Balaban J connectivity index is 3.79. The number of carbonyl (C=O) groups is 2. The van der Waals surface area contributed by atoms with Crippen LogP contribution in [0.4, 0.5) is 0 Å². The standard InChI is InChI=1S/C10H16O6/c1-5-13-8(11)6-7-9(12)14-16-15-10(2,3)4/h6-7H,5H2,1-4H3. The van der Waals surface area contributed by atoms with E-state index < -0.39 is 17.5 Å². The smallest absolute Gasteiger partial charge is 0.369 e. The second-order valence-corrected chi connectivity index (χ2v) is 3.75. The number of hydrogen-bond acceptors (Lipinski definition) is 6. The Hall–Kier alpha value is -1.40. The monoisotopic (exact) mass is 232 g/mol. The van der Waals surface area contributed by atoms with Crippen LogP contribution >= 0.6 is 0 Å². The van der Waals surface area contributed by atoms with Crippen molar-refractivity contribution in [3.8, 4) is 0 Å². The molecular weight excluding hydrogens is 216 g/mol. The summed E-state index contributed by atoms with van der Waals surface area (Å²) in [6.45, 7) is 7.05. The van der Waals surface area contributed by atoms with Crippen LogP contribution in [0.25, 0.3) is 0 Å². The lowest BCUT2D eigenvalue weighted by atomic mass is 10.2. The van der Waals surface area contributed by atoms with Gasteiger partial charge >= 0.3 is 11.9 Å². The molecule has 92 valence electrons. The lowest BCUT2D eigenvalue weighted by Crippen LogP contribution is -2.20. The molecule has 0 aliphatic heterocycles. The van der Waals surface area contributed by atoms with Crippen LogP contribution in [-0.4, -0.2) is 24.1 Å². The Kier molecular flexibility index (Phi) is 6.36. The van der Waals surface area contributed by atoms with Crippen LogP contribution in [0.5, 0.6) is 0 Å². The molecule has 6 heteroatoms. The molecular formula is C10H16O6. The minimum Gasteiger partial charge on any atom is -0.463 e. The number of hydrogen-bond donors (Lipinski definition) is 0. The van der Waals surface area contributed by atoms with Gasteiger partial charge in [0.1, 0.15) is 0 Å². The first-order valence-electron chi connectivity index (χ1n) is 4.76. The summed E-state index contributed by atoms with van der Waals surface area (Å²) in [4.78, 5) is 30.6. The summed E-state index contributed by atoms with van der Waals surface area (Å²) >= 11 is 0. The lowest BCUT2D eigenvalue weighted by Gasteiger charge is -2.14. The molecule has 0 aromatic rings. The number of rotatable bonds is 5. The van der Waals surface area contributed by atoms with Crippen LogP contribution in [0.1, 0.15) is 27.7 Å². The Morgan fingerprint density at radius 3 is 2.19 bits per heavy atom. The van der Waals surface area contributed by atoms with Gasteiger partial charge < -0.3 is 4.74 Å². The molecule has 0 N–H and O–H groups in total. The third-order valence-corrected chi connectivity index (χ3v) is 1.04. The maximum Gasteiger partial charge on any atom is 0.369 e. The lowest BCUT2D eigenvalue weighted by molar-refractivity contribution is -0.513. The van der Waals surface area contributed by atoms with Gasteiger partial charge in [0.15, 0.2) is 0 Å². The summed E-state index contributed by atoms with van der Waals surface area (Å²) in [6.07, 6.45) is 1.82. The molecule has 0 rings (SSSR count). The van der Waals surface area contributed by atoms with Gasteiger partial charge in [0.25, 0.3) is 0 Å². The Morgan fingerprint density at radius 2 is 1.69 bits per heavy atom. The SMILES string of the molecule is CCOC(=O)C=CC(=O)OOOC(C)(C)C. The summed E-state index contributed by atoms with van der Waals surface area (Å²) in [5, 5.41) is 4.20. The average Bonchev–Trinajstić information content (AvgIpc) is 2.13. The molecule has 0 aliphatic rings. The highest BCUT2D eigenvalue weighted by atomic mass is 17.5. The molecule has 0 bridgehead atoms. The van der Waals surface area contributed by atoms with Gasteiger partial charge in [-0.25, -0.2) is 9.59 Å². The van der Waals surface area contributed by atoms with E-state index in [2.05, 4.69) is 19.6 Å². The zero-order valence-electron chi connectivity index (χ0n) is 9.81. The van der Waals surface area contributed by atoms with E-state index in [9.17, 15) is 9.59 Å². The van der Waals surface area contributed by atoms with Gasteiger partial charge in [-0.2, -0.15) is 4.89 Å². The van der Waals surface area contributed by atoms with Crippen molar-refractivity contribution in [1.29, 1.82) is 0 Å². The summed E-state index contributed by atoms with van der Waals surface area (Å²) in [7, 11) is 0. The minimum absolute atomic E-state index is 0.238. The quantitative estimate of drug-likeness (QED) is 0.308. The normalized spacial score (nSPS) is 11.5. The first-order chi connectivity index (χ1) is 7.35. The van der Waals surface area contributed by atoms with Crippen molar-refractivity contribution >= 4 is 11.9 Å². The molecule has 0 aromatic carbocycles. The van der Waals surface area contributed by atoms with E-state index in [4.69, 9.17) is 0 Å². The van der Waals surface area contributed by atoms with Gasteiger partial charge in [0.05, 0.1) is 12.2 Å². The minimum atomic E-state index is -0.864.